The zero-order valence-corrected chi connectivity index (χ0v) is 14.0. The highest BCUT2D eigenvalue weighted by Crippen LogP contribution is 2.24. The molecule has 1 amide bonds. The van der Waals surface area contributed by atoms with Crippen LogP contribution in [0, 0.1) is 5.92 Å². The van der Waals surface area contributed by atoms with Gasteiger partial charge in [0.15, 0.2) is 5.13 Å². The molecule has 1 atom stereocenters. The summed E-state index contributed by atoms with van der Waals surface area (Å²) in [6.45, 7) is 9.38. The lowest BCUT2D eigenvalue weighted by Gasteiger charge is -2.33. The van der Waals surface area contributed by atoms with E-state index in [0.29, 0.717) is 18.5 Å². The Bertz CT molecular complexity index is 466. The van der Waals surface area contributed by atoms with Crippen molar-refractivity contribution in [2.45, 2.75) is 46.2 Å². The van der Waals surface area contributed by atoms with Crippen LogP contribution in [-0.2, 0) is 11.3 Å². The molecule has 1 aliphatic rings. The molecule has 1 aromatic rings. The number of thiazole rings is 1. The van der Waals surface area contributed by atoms with E-state index >= 15 is 0 Å². The quantitative estimate of drug-likeness (QED) is 0.904. The minimum Gasteiger partial charge on any atom is -0.328 e. The number of nitrogens with zero attached hydrogens (tertiary/aromatic N) is 3. The zero-order chi connectivity index (χ0) is 15.4. The lowest BCUT2D eigenvalue weighted by molar-refractivity contribution is -0.116. The normalized spacial score (nSPS) is 18.7. The number of piperidine rings is 1. The fourth-order valence-corrected chi connectivity index (χ4v) is 3.77. The van der Waals surface area contributed by atoms with Crippen LogP contribution in [0.3, 0.4) is 0 Å². The lowest BCUT2D eigenvalue weighted by atomic mass is 9.91. The molecular weight excluding hydrogens is 284 g/mol. The van der Waals surface area contributed by atoms with Crippen LogP contribution in [0.25, 0.3) is 0 Å². The van der Waals surface area contributed by atoms with Crippen molar-refractivity contribution in [2.24, 2.45) is 11.7 Å². The Labute approximate surface area is 131 Å². The summed E-state index contributed by atoms with van der Waals surface area (Å²) in [5.74, 6) is 0.705. The highest BCUT2D eigenvalue weighted by atomic mass is 32.1. The third kappa shape index (κ3) is 4.25. The SMILES string of the molecule is CCN(C(C)=O)c1nc(CN2CCC(C(C)N)CC2)cs1. The summed E-state index contributed by atoms with van der Waals surface area (Å²) in [5, 5.41) is 2.88. The molecule has 0 bridgehead atoms. The van der Waals surface area contributed by atoms with Crippen LogP contribution in [0.4, 0.5) is 5.13 Å². The van der Waals surface area contributed by atoms with Gasteiger partial charge in [0, 0.05) is 31.4 Å². The van der Waals surface area contributed by atoms with Crippen molar-refractivity contribution in [1.29, 1.82) is 0 Å². The van der Waals surface area contributed by atoms with Gasteiger partial charge in [-0.2, -0.15) is 0 Å². The van der Waals surface area contributed by atoms with Gasteiger partial charge < -0.3 is 5.73 Å². The molecule has 2 N–H and O–H groups in total. The van der Waals surface area contributed by atoms with Crippen molar-refractivity contribution in [3.63, 3.8) is 0 Å². The van der Waals surface area contributed by atoms with E-state index in [4.69, 9.17) is 5.73 Å². The Morgan fingerprint density at radius 2 is 2.24 bits per heavy atom. The number of rotatable bonds is 5. The average molecular weight is 310 g/mol. The summed E-state index contributed by atoms with van der Waals surface area (Å²) >= 11 is 1.55. The van der Waals surface area contributed by atoms with Gasteiger partial charge in [0.05, 0.1) is 5.69 Å². The highest BCUT2D eigenvalue weighted by Gasteiger charge is 2.22. The third-order valence-electron chi connectivity index (χ3n) is 4.23. The van der Waals surface area contributed by atoms with Crippen molar-refractivity contribution in [2.75, 3.05) is 24.5 Å². The number of hydrogen-bond acceptors (Lipinski definition) is 5. The third-order valence-corrected chi connectivity index (χ3v) is 5.14. The number of nitrogens with two attached hydrogens (primary N) is 1. The van der Waals surface area contributed by atoms with E-state index in [0.717, 1.165) is 30.5 Å². The minimum atomic E-state index is 0.0520. The molecule has 2 rings (SSSR count). The Hall–Kier alpha value is -0.980. The van der Waals surface area contributed by atoms with E-state index in [1.165, 1.54) is 12.8 Å². The van der Waals surface area contributed by atoms with Gasteiger partial charge in [-0.1, -0.05) is 0 Å². The van der Waals surface area contributed by atoms with Crippen LogP contribution < -0.4 is 10.6 Å². The molecule has 1 aromatic heterocycles. The van der Waals surface area contributed by atoms with Crippen molar-refractivity contribution in [3.05, 3.63) is 11.1 Å². The number of anilines is 1. The fraction of sp³-hybridized carbons (Fsp3) is 0.733. The molecule has 1 fully saturated rings. The summed E-state index contributed by atoms with van der Waals surface area (Å²) in [7, 11) is 0. The first-order chi connectivity index (χ1) is 10.0. The van der Waals surface area contributed by atoms with Gasteiger partial charge in [0.1, 0.15) is 0 Å². The Balaban J connectivity index is 1.90. The molecule has 2 heterocycles. The Morgan fingerprint density at radius 3 is 2.76 bits per heavy atom. The van der Waals surface area contributed by atoms with Crippen molar-refractivity contribution in [3.8, 4) is 0 Å². The van der Waals surface area contributed by atoms with E-state index in [9.17, 15) is 4.79 Å². The predicted molar refractivity (Wildman–Crippen MR) is 87.5 cm³/mol. The molecular formula is C15H26N4OS. The van der Waals surface area contributed by atoms with Crippen LogP contribution in [0.2, 0.25) is 0 Å². The van der Waals surface area contributed by atoms with Crippen molar-refractivity contribution < 1.29 is 4.79 Å². The Morgan fingerprint density at radius 1 is 1.57 bits per heavy atom. The number of carbonyl (C=O) groups is 1. The molecule has 1 unspecified atom stereocenters. The highest BCUT2D eigenvalue weighted by molar-refractivity contribution is 7.14. The largest absolute Gasteiger partial charge is 0.328 e. The fourth-order valence-electron chi connectivity index (χ4n) is 2.85. The maximum Gasteiger partial charge on any atom is 0.225 e. The second-order valence-corrected chi connectivity index (χ2v) is 6.69. The molecule has 1 saturated heterocycles. The second kappa shape index (κ2) is 7.33. The zero-order valence-electron chi connectivity index (χ0n) is 13.2. The predicted octanol–water partition coefficient (Wildman–Crippen LogP) is 2.08. The Kier molecular flexibility index (Phi) is 5.72. The number of amides is 1. The minimum absolute atomic E-state index is 0.0520. The van der Waals surface area contributed by atoms with E-state index in [2.05, 4.69) is 22.2 Å². The van der Waals surface area contributed by atoms with Crippen LogP contribution in [0.5, 0.6) is 0 Å². The molecule has 0 radical (unpaired) electrons. The van der Waals surface area contributed by atoms with E-state index in [1.807, 2.05) is 6.92 Å². The smallest absolute Gasteiger partial charge is 0.225 e. The number of hydrogen-bond donors (Lipinski definition) is 1. The molecule has 1 aliphatic heterocycles. The molecule has 0 spiro atoms. The molecule has 5 nitrogen and oxygen atoms in total. The summed E-state index contributed by atoms with van der Waals surface area (Å²) < 4.78 is 0. The van der Waals surface area contributed by atoms with Crippen molar-refractivity contribution >= 4 is 22.4 Å². The average Bonchev–Trinajstić information content (AvgIpc) is 2.88. The van der Waals surface area contributed by atoms with Gasteiger partial charge in [0.2, 0.25) is 5.91 Å². The first-order valence-corrected chi connectivity index (χ1v) is 8.59. The molecule has 0 aromatic carbocycles. The van der Waals surface area contributed by atoms with E-state index < -0.39 is 0 Å². The number of likely N-dealkylation sites (tertiary alicyclic amines) is 1. The molecule has 0 aliphatic carbocycles. The van der Waals surface area contributed by atoms with Gasteiger partial charge >= 0.3 is 0 Å². The standard InChI is InChI=1S/C15H26N4OS/c1-4-19(12(3)20)15-17-14(10-21-15)9-18-7-5-13(6-8-18)11(2)16/h10-11,13H,4-9,16H2,1-3H3. The van der Waals surface area contributed by atoms with Crippen LogP contribution in [0.15, 0.2) is 5.38 Å². The van der Waals surface area contributed by atoms with Crippen LogP contribution in [-0.4, -0.2) is 41.5 Å². The topological polar surface area (TPSA) is 62.5 Å². The molecule has 118 valence electrons. The maximum absolute atomic E-state index is 11.5. The molecule has 6 heteroatoms. The monoisotopic (exact) mass is 310 g/mol. The lowest BCUT2D eigenvalue weighted by Crippen LogP contribution is -2.39. The van der Waals surface area contributed by atoms with Gasteiger partial charge in [-0.3, -0.25) is 14.6 Å². The second-order valence-electron chi connectivity index (χ2n) is 5.86. The summed E-state index contributed by atoms with van der Waals surface area (Å²) in [6, 6.07) is 0.298. The molecule has 21 heavy (non-hydrogen) atoms. The maximum atomic E-state index is 11.5. The van der Waals surface area contributed by atoms with E-state index in [-0.39, 0.29) is 5.91 Å². The first kappa shape index (κ1) is 16.4. The van der Waals surface area contributed by atoms with Crippen LogP contribution in [0.1, 0.15) is 39.3 Å². The van der Waals surface area contributed by atoms with Gasteiger partial charge in [-0.05, 0) is 45.7 Å². The first-order valence-electron chi connectivity index (χ1n) is 7.71. The summed E-state index contributed by atoms with van der Waals surface area (Å²) in [4.78, 5) is 20.3. The van der Waals surface area contributed by atoms with Gasteiger partial charge in [-0.25, -0.2) is 4.98 Å². The summed E-state index contributed by atoms with van der Waals surface area (Å²) in [6.07, 6.45) is 2.34. The van der Waals surface area contributed by atoms with Crippen molar-refractivity contribution in [1.82, 2.24) is 9.88 Å². The van der Waals surface area contributed by atoms with E-state index in [1.54, 1.807) is 23.2 Å². The summed E-state index contributed by atoms with van der Waals surface area (Å²) in [5.41, 5.74) is 7.04. The molecule has 0 saturated carbocycles. The van der Waals surface area contributed by atoms with Gasteiger partial charge in [-0.15, -0.1) is 11.3 Å². The van der Waals surface area contributed by atoms with Crippen LogP contribution >= 0.6 is 11.3 Å². The van der Waals surface area contributed by atoms with Gasteiger partial charge in [0.25, 0.3) is 0 Å². The number of aromatic nitrogens is 1. The number of carbonyl (C=O) groups excluding carboxylic acids is 1.